The van der Waals surface area contributed by atoms with Gasteiger partial charge in [-0.2, -0.15) is 0 Å². The fourth-order valence-corrected chi connectivity index (χ4v) is 6.39. The summed E-state index contributed by atoms with van der Waals surface area (Å²) in [6, 6.07) is 8.86. The fraction of sp³-hybridized carbons (Fsp3) is 0.500. The Morgan fingerprint density at radius 3 is 2.87 bits per heavy atom. The van der Waals surface area contributed by atoms with E-state index in [1.54, 1.807) is 19.4 Å². The first-order valence-electron chi connectivity index (χ1n) is 10.8. The molecule has 31 heavy (non-hydrogen) atoms. The minimum Gasteiger partial charge on any atom is -0.462 e. The molecule has 5 rings (SSSR count). The maximum atomic E-state index is 12.6. The Balaban J connectivity index is 1.40. The van der Waals surface area contributed by atoms with Crippen molar-refractivity contribution in [2.24, 2.45) is 5.92 Å². The number of carbonyl (C=O) groups is 1. The van der Waals surface area contributed by atoms with Gasteiger partial charge in [0.25, 0.3) is 0 Å². The molecule has 164 valence electrons. The first kappa shape index (κ1) is 20.9. The first-order chi connectivity index (χ1) is 15.0. The van der Waals surface area contributed by atoms with E-state index >= 15 is 0 Å². The van der Waals surface area contributed by atoms with Crippen LogP contribution in [0.5, 0.6) is 0 Å². The van der Waals surface area contributed by atoms with Crippen molar-refractivity contribution in [3.8, 4) is 0 Å². The minimum absolute atomic E-state index is 0.00740. The second-order valence-corrected chi connectivity index (χ2v) is 9.99. The van der Waals surface area contributed by atoms with Gasteiger partial charge in [-0.05, 0) is 52.7 Å². The largest absolute Gasteiger partial charge is 0.462 e. The van der Waals surface area contributed by atoms with Gasteiger partial charge >= 0.3 is 5.97 Å². The van der Waals surface area contributed by atoms with E-state index in [0.29, 0.717) is 24.1 Å². The molecule has 1 aromatic heterocycles. The van der Waals surface area contributed by atoms with Crippen molar-refractivity contribution in [3.05, 3.63) is 57.8 Å². The molecule has 1 aromatic carbocycles. The van der Waals surface area contributed by atoms with Gasteiger partial charge in [-0.15, -0.1) is 0 Å². The van der Waals surface area contributed by atoms with Crippen LogP contribution >= 0.6 is 15.9 Å². The molecule has 0 spiro atoms. The number of methoxy groups -OCH3 is 1. The number of anilines is 1. The Morgan fingerprint density at radius 2 is 2.10 bits per heavy atom. The Kier molecular flexibility index (Phi) is 5.52. The van der Waals surface area contributed by atoms with Crippen LogP contribution in [0.15, 0.2) is 41.1 Å². The van der Waals surface area contributed by atoms with E-state index < -0.39 is 0 Å². The Morgan fingerprint density at radius 1 is 1.26 bits per heavy atom. The topological polar surface area (TPSA) is 54.9 Å². The number of hydrogen-bond donors (Lipinski definition) is 0. The van der Waals surface area contributed by atoms with Crippen molar-refractivity contribution in [1.82, 2.24) is 9.88 Å². The predicted molar refractivity (Wildman–Crippen MR) is 123 cm³/mol. The minimum atomic E-state index is -0.348. The summed E-state index contributed by atoms with van der Waals surface area (Å²) in [6.07, 6.45) is 4.34. The van der Waals surface area contributed by atoms with Crippen molar-refractivity contribution >= 4 is 27.6 Å². The number of likely N-dealkylation sites (N-methyl/N-ethyl adjacent to an activating group) is 2. The van der Waals surface area contributed by atoms with Gasteiger partial charge in [-0.3, -0.25) is 4.98 Å². The molecule has 2 aliphatic heterocycles. The molecule has 1 aliphatic carbocycles. The van der Waals surface area contributed by atoms with Crippen molar-refractivity contribution < 1.29 is 14.3 Å². The van der Waals surface area contributed by atoms with Gasteiger partial charge in [0.1, 0.15) is 0 Å². The monoisotopic (exact) mass is 485 g/mol. The third-order valence-electron chi connectivity index (χ3n) is 7.28. The van der Waals surface area contributed by atoms with Crippen LogP contribution in [0.25, 0.3) is 0 Å². The number of piperidine rings is 1. The van der Waals surface area contributed by atoms with Crippen LogP contribution in [0.2, 0.25) is 0 Å². The summed E-state index contributed by atoms with van der Waals surface area (Å²) >= 11 is 3.36. The van der Waals surface area contributed by atoms with E-state index in [9.17, 15) is 4.79 Å². The summed E-state index contributed by atoms with van der Waals surface area (Å²) in [7, 11) is 6.18. The average molecular weight is 486 g/mol. The lowest BCUT2D eigenvalue weighted by Crippen LogP contribution is -2.56. The quantitative estimate of drug-likeness (QED) is 0.615. The van der Waals surface area contributed by atoms with Crippen molar-refractivity contribution in [3.63, 3.8) is 0 Å². The molecular weight excluding hydrogens is 458 g/mol. The summed E-state index contributed by atoms with van der Waals surface area (Å²) in [6.45, 7) is 2.26. The number of likely N-dealkylation sites (tertiary alicyclic amines) is 1. The lowest BCUT2D eigenvalue weighted by Gasteiger charge is -2.51. The van der Waals surface area contributed by atoms with Crippen molar-refractivity contribution in [2.75, 3.05) is 45.8 Å². The van der Waals surface area contributed by atoms with Crippen LogP contribution in [0.3, 0.4) is 0 Å². The number of halogens is 1. The standard InChI is InChI=1S/C24H28BrN3O3/c1-27-11-15-8-20-22(18-5-4-6-19(27)21(15)18)23(30-3)16(12-28(20)2)13-31-24(29)14-7-17(25)10-26-9-14/h4-7,9-10,15-16,20,22-23H,8,11-13H2,1-3H3/t15?,16-,20-,22?,23-/m1/s1. The van der Waals surface area contributed by atoms with Gasteiger partial charge in [0, 0.05) is 73.6 Å². The normalized spacial score (nSPS) is 29.4. The number of carbonyl (C=O) groups excluding carboxylic acids is 1. The number of ether oxygens (including phenoxy) is 2. The smallest absolute Gasteiger partial charge is 0.339 e. The zero-order valence-corrected chi connectivity index (χ0v) is 19.7. The van der Waals surface area contributed by atoms with E-state index in [4.69, 9.17) is 9.47 Å². The number of aromatic nitrogens is 1. The van der Waals surface area contributed by atoms with Crippen LogP contribution in [-0.4, -0.2) is 68.9 Å². The first-order valence-corrected chi connectivity index (χ1v) is 11.6. The van der Waals surface area contributed by atoms with Gasteiger partial charge in [0.05, 0.1) is 18.3 Å². The van der Waals surface area contributed by atoms with Gasteiger partial charge in [0.15, 0.2) is 0 Å². The summed E-state index contributed by atoms with van der Waals surface area (Å²) in [5.74, 6) is 0.611. The average Bonchev–Trinajstić information content (AvgIpc) is 3.09. The fourth-order valence-electron chi connectivity index (χ4n) is 6.03. The number of esters is 1. The van der Waals surface area contributed by atoms with Crippen LogP contribution in [0.1, 0.15) is 39.7 Å². The highest BCUT2D eigenvalue weighted by Crippen LogP contribution is 2.52. The van der Waals surface area contributed by atoms with Crippen LogP contribution in [0, 0.1) is 5.92 Å². The van der Waals surface area contributed by atoms with Crippen LogP contribution in [0.4, 0.5) is 5.69 Å². The molecule has 2 aromatic rings. The number of rotatable bonds is 4. The molecule has 3 heterocycles. The molecule has 1 fully saturated rings. The summed E-state index contributed by atoms with van der Waals surface area (Å²) in [5.41, 5.74) is 4.72. The van der Waals surface area contributed by atoms with Gasteiger partial charge < -0.3 is 19.3 Å². The molecule has 2 unspecified atom stereocenters. The lowest BCUT2D eigenvalue weighted by molar-refractivity contribution is -0.0690. The maximum Gasteiger partial charge on any atom is 0.339 e. The highest BCUT2D eigenvalue weighted by molar-refractivity contribution is 9.10. The van der Waals surface area contributed by atoms with Crippen molar-refractivity contribution in [1.29, 1.82) is 0 Å². The zero-order chi connectivity index (χ0) is 21.7. The van der Waals surface area contributed by atoms with Gasteiger partial charge in [-0.25, -0.2) is 4.79 Å². The third-order valence-corrected chi connectivity index (χ3v) is 7.71. The molecular formula is C24H28BrN3O3. The molecule has 5 atom stereocenters. The lowest BCUT2D eigenvalue weighted by atomic mass is 9.67. The maximum absolute atomic E-state index is 12.6. The predicted octanol–water partition coefficient (Wildman–Crippen LogP) is 3.67. The molecule has 0 bridgehead atoms. The molecule has 6 nitrogen and oxygen atoms in total. The van der Waals surface area contributed by atoms with E-state index in [0.717, 1.165) is 24.0 Å². The van der Waals surface area contributed by atoms with Crippen LogP contribution < -0.4 is 4.90 Å². The van der Waals surface area contributed by atoms with E-state index in [1.165, 1.54) is 23.0 Å². The van der Waals surface area contributed by atoms with E-state index in [2.05, 4.69) is 63.0 Å². The molecule has 3 aliphatic rings. The molecule has 7 heteroatoms. The molecule has 0 radical (unpaired) electrons. The summed E-state index contributed by atoms with van der Waals surface area (Å²) < 4.78 is 12.6. The summed E-state index contributed by atoms with van der Waals surface area (Å²) in [5, 5.41) is 0. The molecule has 0 N–H and O–H groups in total. The highest BCUT2D eigenvalue weighted by atomic mass is 79.9. The molecule has 0 saturated carbocycles. The highest BCUT2D eigenvalue weighted by Gasteiger charge is 2.50. The number of fused-ring (bicyclic) bond motifs is 2. The van der Waals surface area contributed by atoms with Crippen molar-refractivity contribution in [2.45, 2.75) is 30.4 Å². The Bertz CT molecular complexity index is 1000. The Hall–Kier alpha value is -1.96. The van der Waals surface area contributed by atoms with E-state index in [1.807, 2.05) is 0 Å². The number of pyridine rings is 1. The summed E-state index contributed by atoms with van der Waals surface area (Å²) in [4.78, 5) is 21.5. The molecule has 0 amide bonds. The SMILES string of the molecule is CO[C@H]1C2c3cccc4c3C(C[C@H]2N(C)C[C@@H]1COC(=O)c1cncc(Br)c1)CN4C. The number of hydrogen-bond acceptors (Lipinski definition) is 6. The third kappa shape index (κ3) is 3.56. The van der Waals surface area contributed by atoms with Gasteiger partial charge in [0.2, 0.25) is 0 Å². The Labute approximate surface area is 191 Å². The van der Waals surface area contributed by atoms with E-state index in [-0.39, 0.29) is 23.9 Å². The number of nitrogens with zero attached hydrogens (tertiary/aromatic N) is 3. The number of benzene rings is 1. The van der Waals surface area contributed by atoms with Gasteiger partial charge in [-0.1, -0.05) is 12.1 Å². The zero-order valence-electron chi connectivity index (χ0n) is 18.1. The van der Waals surface area contributed by atoms with Crippen LogP contribution in [-0.2, 0) is 9.47 Å². The second-order valence-electron chi connectivity index (χ2n) is 9.08. The molecule has 1 saturated heterocycles. The second kappa shape index (κ2) is 8.19.